The van der Waals surface area contributed by atoms with Crippen molar-refractivity contribution in [1.82, 2.24) is 0 Å². The van der Waals surface area contributed by atoms with Crippen molar-refractivity contribution in [3.8, 4) is 0 Å². The van der Waals surface area contributed by atoms with E-state index in [1.165, 1.54) is 6.26 Å². The van der Waals surface area contributed by atoms with Crippen LogP contribution in [0.3, 0.4) is 0 Å². The summed E-state index contributed by atoms with van der Waals surface area (Å²) in [5, 5.41) is 11.7. The Hall–Kier alpha value is -2.07. The Morgan fingerprint density at radius 3 is 2.61 bits per heavy atom. The number of amides is 1. The highest BCUT2D eigenvalue weighted by Crippen LogP contribution is 2.15. The van der Waals surface area contributed by atoms with Crippen molar-refractivity contribution < 1.29 is 14.3 Å². The Kier molecular flexibility index (Phi) is 3.79. The van der Waals surface area contributed by atoms with Crippen LogP contribution in [0.2, 0.25) is 0 Å². The van der Waals surface area contributed by atoms with Gasteiger partial charge in [-0.1, -0.05) is 19.1 Å². The molecular weight excluding hydrogens is 230 g/mol. The number of hydrogen-bond acceptors (Lipinski definition) is 3. The van der Waals surface area contributed by atoms with Crippen LogP contribution in [-0.2, 0) is 13.0 Å². The molecule has 2 N–H and O–H groups in total. The number of aliphatic hydroxyl groups excluding tert-OH is 1. The van der Waals surface area contributed by atoms with Crippen LogP contribution in [0.4, 0.5) is 5.69 Å². The Morgan fingerprint density at radius 1 is 1.28 bits per heavy atom. The van der Waals surface area contributed by atoms with E-state index in [0.29, 0.717) is 23.4 Å². The monoisotopic (exact) mass is 245 g/mol. The summed E-state index contributed by atoms with van der Waals surface area (Å²) >= 11 is 0. The maximum atomic E-state index is 12.0. The van der Waals surface area contributed by atoms with Crippen molar-refractivity contribution in [3.63, 3.8) is 0 Å². The second-order valence-electron chi connectivity index (χ2n) is 3.92. The van der Waals surface area contributed by atoms with Gasteiger partial charge in [0.05, 0.1) is 18.4 Å². The number of furan rings is 1. The van der Waals surface area contributed by atoms with Crippen LogP contribution in [0.5, 0.6) is 0 Å². The zero-order valence-corrected chi connectivity index (χ0v) is 10.1. The number of aryl methyl sites for hydroxylation is 1. The molecule has 18 heavy (non-hydrogen) atoms. The molecule has 2 aromatic rings. The van der Waals surface area contributed by atoms with E-state index in [1.54, 1.807) is 30.3 Å². The minimum absolute atomic E-state index is 0.00403. The van der Waals surface area contributed by atoms with E-state index in [9.17, 15) is 4.79 Å². The summed E-state index contributed by atoms with van der Waals surface area (Å²) in [7, 11) is 0. The van der Waals surface area contributed by atoms with Crippen LogP contribution in [0.1, 0.15) is 28.6 Å². The molecule has 0 radical (unpaired) electrons. The molecule has 0 saturated heterocycles. The minimum atomic E-state index is -0.183. The normalized spacial score (nSPS) is 10.3. The molecular formula is C14H15NO3. The standard InChI is InChI=1S/C14H15NO3/c1-2-13-12(7-8-18-13)14(17)15-11-5-3-10(9-16)4-6-11/h3-8,16H,2,9H2,1H3,(H,15,17). The number of anilines is 1. The number of hydrogen-bond donors (Lipinski definition) is 2. The fourth-order valence-electron chi connectivity index (χ4n) is 1.71. The third kappa shape index (κ3) is 2.60. The lowest BCUT2D eigenvalue weighted by Gasteiger charge is -2.05. The van der Waals surface area contributed by atoms with Crippen LogP contribution in [0.15, 0.2) is 41.0 Å². The summed E-state index contributed by atoms with van der Waals surface area (Å²) in [6.45, 7) is 1.93. The Bertz CT molecular complexity index is 528. The second kappa shape index (κ2) is 5.51. The molecule has 0 aliphatic heterocycles. The topological polar surface area (TPSA) is 62.5 Å². The number of aliphatic hydroxyl groups is 1. The van der Waals surface area contributed by atoms with Crippen molar-refractivity contribution in [2.45, 2.75) is 20.0 Å². The maximum Gasteiger partial charge on any atom is 0.259 e. The SMILES string of the molecule is CCc1occc1C(=O)Nc1ccc(CO)cc1. The van der Waals surface area contributed by atoms with Crippen molar-refractivity contribution in [2.75, 3.05) is 5.32 Å². The van der Waals surface area contributed by atoms with Crippen LogP contribution in [0.25, 0.3) is 0 Å². The largest absolute Gasteiger partial charge is 0.469 e. The number of carbonyl (C=O) groups excluding carboxylic acids is 1. The molecule has 0 fully saturated rings. The van der Waals surface area contributed by atoms with E-state index in [2.05, 4.69) is 5.32 Å². The molecule has 2 rings (SSSR count). The Balaban J connectivity index is 2.11. The molecule has 1 amide bonds. The quantitative estimate of drug-likeness (QED) is 0.870. The molecule has 1 heterocycles. The van der Waals surface area contributed by atoms with Crippen LogP contribution in [0, 0.1) is 0 Å². The number of nitrogens with one attached hydrogen (secondary N) is 1. The second-order valence-corrected chi connectivity index (χ2v) is 3.92. The molecule has 4 heteroatoms. The predicted molar refractivity (Wildman–Crippen MR) is 68.4 cm³/mol. The first-order valence-electron chi connectivity index (χ1n) is 5.82. The van der Waals surface area contributed by atoms with Gasteiger partial charge < -0.3 is 14.8 Å². The molecule has 4 nitrogen and oxygen atoms in total. The number of carbonyl (C=O) groups is 1. The maximum absolute atomic E-state index is 12.0. The summed E-state index contributed by atoms with van der Waals surface area (Å²) < 4.78 is 5.22. The van der Waals surface area contributed by atoms with Crippen LogP contribution >= 0.6 is 0 Å². The third-order valence-electron chi connectivity index (χ3n) is 2.71. The summed E-state index contributed by atoms with van der Waals surface area (Å²) in [6, 6.07) is 8.72. The van der Waals surface area contributed by atoms with Gasteiger partial charge in [-0.2, -0.15) is 0 Å². The van der Waals surface area contributed by atoms with Crippen molar-refractivity contribution in [2.24, 2.45) is 0 Å². The molecule has 0 aliphatic carbocycles. The highest BCUT2D eigenvalue weighted by Gasteiger charge is 2.13. The first kappa shape index (κ1) is 12.4. The van der Waals surface area contributed by atoms with E-state index in [4.69, 9.17) is 9.52 Å². The van der Waals surface area contributed by atoms with Gasteiger partial charge >= 0.3 is 0 Å². The number of rotatable bonds is 4. The van der Waals surface area contributed by atoms with Gasteiger partial charge in [-0.3, -0.25) is 4.79 Å². The molecule has 0 atom stereocenters. The molecule has 1 aromatic heterocycles. The smallest absolute Gasteiger partial charge is 0.259 e. The first-order valence-corrected chi connectivity index (χ1v) is 5.82. The number of benzene rings is 1. The zero-order valence-electron chi connectivity index (χ0n) is 10.1. The lowest BCUT2D eigenvalue weighted by Crippen LogP contribution is -2.12. The van der Waals surface area contributed by atoms with Gasteiger partial charge in [0.1, 0.15) is 5.76 Å². The van der Waals surface area contributed by atoms with Crippen LogP contribution < -0.4 is 5.32 Å². The molecule has 0 spiro atoms. The van der Waals surface area contributed by atoms with E-state index in [0.717, 1.165) is 5.56 Å². The van der Waals surface area contributed by atoms with Crippen molar-refractivity contribution in [3.05, 3.63) is 53.5 Å². The molecule has 0 aliphatic rings. The van der Waals surface area contributed by atoms with Gasteiger partial charge in [-0.15, -0.1) is 0 Å². The van der Waals surface area contributed by atoms with E-state index in [-0.39, 0.29) is 12.5 Å². The summed E-state index contributed by atoms with van der Waals surface area (Å²) in [5.41, 5.74) is 2.06. The van der Waals surface area contributed by atoms with E-state index in [1.807, 2.05) is 6.92 Å². The third-order valence-corrected chi connectivity index (χ3v) is 2.71. The fraction of sp³-hybridized carbons (Fsp3) is 0.214. The van der Waals surface area contributed by atoms with Gasteiger partial charge in [-0.05, 0) is 23.8 Å². The van der Waals surface area contributed by atoms with Crippen LogP contribution in [-0.4, -0.2) is 11.0 Å². The lowest BCUT2D eigenvalue weighted by molar-refractivity contribution is 0.102. The van der Waals surface area contributed by atoms with E-state index < -0.39 is 0 Å². The average Bonchev–Trinajstić information content (AvgIpc) is 2.88. The van der Waals surface area contributed by atoms with Gasteiger partial charge in [-0.25, -0.2) is 0 Å². The van der Waals surface area contributed by atoms with Crippen molar-refractivity contribution >= 4 is 11.6 Å². The summed E-state index contributed by atoms with van der Waals surface area (Å²) in [4.78, 5) is 12.0. The highest BCUT2D eigenvalue weighted by atomic mass is 16.3. The average molecular weight is 245 g/mol. The predicted octanol–water partition coefficient (Wildman–Crippen LogP) is 2.59. The van der Waals surface area contributed by atoms with Gasteiger partial charge in [0, 0.05) is 12.1 Å². The van der Waals surface area contributed by atoms with E-state index >= 15 is 0 Å². The summed E-state index contributed by atoms with van der Waals surface area (Å²) in [6.07, 6.45) is 2.20. The Labute approximate surface area is 105 Å². The first-order chi connectivity index (χ1) is 8.74. The summed E-state index contributed by atoms with van der Waals surface area (Å²) in [5.74, 6) is 0.497. The minimum Gasteiger partial charge on any atom is -0.469 e. The Morgan fingerprint density at radius 2 is 2.00 bits per heavy atom. The lowest BCUT2D eigenvalue weighted by atomic mass is 10.2. The van der Waals surface area contributed by atoms with Gasteiger partial charge in [0.25, 0.3) is 5.91 Å². The molecule has 94 valence electrons. The van der Waals surface area contributed by atoms with Crippen molar-refractivity contribution in [1.29, 1.82) is 0 Å². The molecule has 0 bridgehead atoms. The fourth-order valence-corrected chi connectivity index (χ4v) is 1.71. The highest BCUT2D eigenvalue weighted by molar-refractivity contribution is 6.04. The van der Waals surface area contributed by atoms with Gasteiger partial charge in [0.15, 0.2) is 0 Å². The van der Waals surface area contributed by atoms with Gasteiger partial charge in [0.2, 0.25) is 0 Å². The zero-order chi connectivity index (χ0) is 13.0. The molecule has 0 saturated carbocycles. The molecule has 0 unspecified atom stereocenters. The molecule has 1 aromatic carbocycles.